The summed E-state index contributed by atoms with van der Waals surface area (Å²) in [6.07, 6.45) is 11.4. The van der Waals surface area contributed by atoms with Gasteiger partial charge in [-0.15, -0.1) is 0 Å². The number of rotatable bonds is 9. The Bertz CT molecular complexity index is 977. The first-order chi connectivity index (χ1) is 16.4. The standard InChI is InChI=1S/C30H42O5/c1-7-21(2)9-13-26-29(4)17-8-16-28(3,25(29)15-18-30(26,5)33)20-35-27(32)14-11-22-10-12-23(31)24(19-22)34-6/h7,10-12,14,19,25-26,31,33H,1-2,8-9,13,15-18,20H2,3-6H3/b14-11+/t25-,26+,28+,29-,30+/m0/s1. The Morgan fingerprint density at radius 1 is 1.23 bits per heavy atom. The lowest BCUT2D eigenvalue weighted by Crippen LogP contribution is -2.59. The van der Waals surface area contributed by atoms with Crippen LogP contribution in [0.3, 0.4) is 0 Å². The Morgan fingerprint density at radius 3 is 2.66 bits per heavy atom. The molecule has 0 saturated heterocycles. The first-order valence-electron chi connectivity index (χ1n) is 12.7. The number of allylic oxidation sites excluding steroid dienone is 2. The van der Waals surface area contributed by atoms with Crippen molar-refractivity contribution in [1.29, 1.82) is 0 Å². The predicted molar refractivity (Wildman–Crippen MR) is 140 cm³/mol. The number of carbonyl (C=O) groups is 1. The van der Waals surface area contributed by atoms with Crippen molar-refractivity contribution >= 4 is 12.0 Å². The van der Waals surface area contributed by atoms with Crippen molar-refractivity contribution in [2.24, 2.45) is 22.7 Å². The molecule has 0 bridgehead atoms. The van der Waals surface area contributed by atoms with Crippen LogP contribution in [0.1, 0.15) is 71.3 Å². The molecule has 2 aliphatic rings. The lowest BCUT2D eigenvalue weighted by Gasteiger charge is -2.61. The summed E-state index contributed by atoms with van der Waals surface area (Å²) in [5, 5.41) is 21.1. The van der Waals surface area contributed by atoms with Crippen molar-refractivity contribution < 1.29 is 24.5 Å². The molecule has 2 N–H and O–H groups in total. The average Bonchev–Trinajstić information content (AvgIpc) is 2.81. The third kappa shape index (κ3) is 5.83. The minimum Gasteiger partial charge on any atom is -0.504 e. The van der Waals surface area contributed by atoms with Gasteiger partial charge in [0, 0.05) is 11.5 Å². The van der Waals surface area contributed by atoms with Gasteiger partial charge in [0.15, 0.2) is 11.5 Å². The van der Waals surface area contributed by atoms with Crippen LogP contribution in [0.2, 0.25) is 0 Å². The van der Waals surface area contributed by atoms with E-state index in [0.29, 0.717) is 18.3 Å². The van der Waals surface area contributed by atoms with Crippen molar-refractivity contribution in [3.63, 3.8) is 0 Å². The number of phenolic OH excluding ortho intramolecular Hbond substituents is 1. The Morgan fingerprint density at radius 2 is 1.97 bits per heavy atom. The van der Waals surface area contributed by atoms with Gasteiger partial charge >= 0.3 is 5.97 Å². The van der Waals surface area contributed by atoms with Gasteiger partial charge in [-0.2, -0.15) is 0 Å². The number of ether oxygens (including phenoxy) is 2. The van der Waals surface area contributed by atoms with Crippen molar-refractivity contribution in [3.8, 4) is 11.5 Å². The summed E-state index contributed by atoms with van der Waals surface area (Å²) in [6, 6.07) is 4.92. The number of benzene rings is 1. The monoisotopic (exact) mass is 482 g/mol. The Balaban J connectivity index is 1.71. The molecular formula is C30H42O5. The molecule has 0 spiro atoms. The summed E-state index contributed by atoms with van der Waals surface area (Å²) < 4.78 is 10.9. The van der Waals surface area contributed by atoms with Crippen LogP contribution in [0.4, 0.5) is 0 Å². The molecule has 0 radical (unpaired) electrons. The van der Waals surface area contributed by atoms with Crippen LogP contribution in [0.25, 0.3) is 6.08 Å². The van der Waals surface area contributed by atoms with Crippen LogP contribution in [0.15, 0.2) is 49.1 Å². The fourth-order valence-electron chi connectivity index (χ4n) is 6.93. The summed E-state index contributed by atoms with van der Waals surface area (Å²) in [5.74, 6) is 0.550. The van der Waals surface area contributed by atoms with E-state index in [-0.39, 0.29) is 28.5 Å². The van der Waals surface area contributed by atoms with Gasteiger partial charge in [-0.1, -0.05) is 51.1 Å². The van der Waals surface area contributed by atoms with E-state index in [0.717, 1.165) is 56.1 Å². The molecule has 5 nitrogen and oxygen atoms in total. The van der Waals surface area contributed by atoms with Crippen LogP contribution < -0.4 is 4.74 Å². The molecule has 1 aromatic carbocycles. The van der Waals surface area contributed by atoms with Gasteiger partial charge in [0.2, 0.25) is 0 Å². The summed E-state index contributed by atoms with van der Waals surface area (Å²) >= 11 is 0. The highest BCUT2D eigenvalue weighted by Gasteiger charge is 2.59. The van der Waals surface area contributed by atoms with Crippen molar-refractivity contribution in [2.45, 2.75) is 71.3 Å². The van der Waals surface area contributed by atoms with E-state index in [1.54, 1.807) is 18.2 Å². The zero-order valence-corrected chi connectivity index (χ0v) is 21.8. The Labute approximate surface area is 210 Å². The predicted octanol–water partition coefficient (Wildman–Crippen LogP) is 6.45. The minimum absolute atomic E-state index is 0.0267. The summed E-state index contributed by atoms with van der Waals surface area (Å²) in [6.45, 7) is 14.9. The number of aromatic hydroxyl groups is 1. The molecule has 2 saturated carbocycles. The highest BCUT2D eigenvalue weighted by molar-refractivity contribution is 5.87. The normalized spacial score (nSPS) is 32.6. The lowest BCUT2D eigenvalue weighted by molar-refractivity contribution is -0.185. The highest BCUT2D eigenvalue weighted by atomic mass is 16.5. The fourth-order valence-corrected chi connectivity index (χ4v) is 6.93. The number of phenols is 1. The number of hydrogen-bond acceptors (Lipinski definition) is 5. The third-order valence-corrected chi connectivity index (χ3v) is 8.79. The molecule has 1 aromatic rings. The largest absolute Gasteiger partial charge is 0.504 e. The van der Waals surface area contributed by atoms with Crippen molar-refractivity contribution in [1.82, 2.24) is 0 Å². The van der Waals surface area contributed by atoms with Crippen molar-refractivity contribution in [3.05, 3.63) is 54.6 Å². The van der Waals surface area contributed by atoms with Gasteiger partial charge in [0.25, 0.3) is 0 Å². The zero-order chi connectivity index (χ0) is 25.9. The molecule has 0 heterocycles. The molecule has 0 aliphatic heterocycles. The summed E-state index contributed by atoms with van der Waals surface area (Å²) in [5.41, 5.74) is 0.877. The molecule has 2 aliphatic carbocycles. The molecule has 5 atom stereocenters. The fraction of sp³-hybridized carbons (Fsp3) is 0.567. The number of aliphatic hydroxyl groups is 1. The zero-order valence-electron chi connectivity index (χ0n) is 21.8. The van der Waals surface area contributed by atoms with E-state index >= 15 is 0 Å². The van der Waals surface area contributed by atoms with Crippen LogP contribution in [-0.4, -0.2) is 35.5 Å². The van der Waals surface area contributed by atoms with E-state index < -0.39 is 5.60 Å². The number of hydrogen-bond donors (Lipinski definition) is 2. The Kier molecular flexibility index (Phi) is 8.21. The number of carbonyl (C=O) groups excluding carboxylic acids is 1. The second-order valence-corrected chi connectivity index (χ2v) is 11.3. The van der Waals surface area contributed by atoms with Gasteiger partial charge in [-0.25, -0.2) is 4.79 Å². The molecular weight excluding hydrogens is 440 g/mol. The molecule has 35 heavy (non-hydrogen) atoms. The van der Waals surface area contributed by atoms with E-state index in [4.69, 9.17) is 9.47 Å². The minimum atomic E-state index is -0.713. The Hall–Kier alpha value is -2.53. The topological polar surface area (TPSA) is 76.0 Å². The van der Waals surface area contributed by atoms with Crippen LogP contribution >= 0.6 is 0 Å². The van der Waals surface area contributed by atoms with Crippen LogP contribution in [-0.2, 0) is 9.53 Å². The van der Waals surface area contributed by atoms with E-state index in [1.165, 1.54) is 19.3 Å². The van der Waals surface area contributed by atoms with Crippen molar-refractivity contribution in [2.75, 3.05) is 13.7 Å². The maximum atomic E-state index is 12.6. The molecule has 0 aromatic heterocycles. The molecule has 192 valence electrons. The summed E-state index contributed by atoms with van der Waals surface area (Å²) in [7, 11) is 1.49. The smallest absolute Gasteiger partial charge is 0.330 e. The number of fused-ring (bicyclic) bond motifs is 1. The van der Waals surface area contributed by atoms with Crippen LogP contribution in [0.5, 0.6) is 11.5 Å². The second-order valence-electron chi connectivity index (χ2n) is 11.3. The first-order valence-corrected chi connectivity index (χ1v) is 12.7. The average molecular weight is 483 g/mol. The molecule has 5 heteroatoms. The maximum absolute atomic E-state index is 12.6. The van der Waals surface area contributed by atoms with E-state index in [9.17, 15) is 15.0 Å². The number of esters is 1. The van der Waals surface area contributed by atoms with Crippen LogP contribution in [0, 0.1) is 22.7 Å². The van der Waals surface area contributed by atoms with E-state index in [2.05, 4.69) is 27.0 Å². The molecule has 0 amide bonds. The first kappa shape index (κ1) is 27.1. The highest BCUT2D eigenvalue weighted by Crippen LogP contribution is 2.63. The maximum Gasteiger partial charge on any atom is 0.330 e. The van der Waals surface area contributed by atoms with Gasteiger partial charge in [0.05, 0.1) is 19.3 Å². The number of methoxy groups -OCH3 is 1. The molecule has 0 unspecified atom stereocenters. The third-order valence-electron chi connectivity index (χ3n) is 8.79. The van der Waals surface area contributed by atoms with Gasteiger partial charge in [0.1, 0.15) is 0 Å². The summed E-state index contributed by atoms with van der Waals surface area (Å²) in [4.78, 5) is 12.6. The van der Waals surface area contributed by atoms with Gasteiger partial charge in [-0.05, 0) is 86.5 Å². The quantitative estimate of drug-likeness (QED) is 0.240. The molecule has 3 rings (SSSR count). The SMILES string of the molecule is C=CC(=C)CC[C@@H]1[C@@]2(C)CCC[C@](C)(COC(=O)/C=C/c3ccc(O)c(OC)c3)[C@@H]2CC[C@@]1(C)O. The lowest BCUT2D eigenvalue weighted by atomic mass is 9.45. The second kappa shape index (κ2) is 10.6. The van der Waals surface area contributed by atoms with Gasteiger partial charge < -0.3 is 19.7 Å². The molecule has 2 fully saturated rings. The van der Waals surface area contributed by atoms with E-state index in [1.807, 2.05) is 13.0 Å². The van der Waals surface area contributed by atoms with Gasteiger partial charge in [-0.3, -0.25) is 0 Å².